The smallest absolute Gasteiger partial charge is 0.161 e. The molecule has 0 N–H and O–H groups in total. The molecule has 0 aliphatic carbocycles. The Balaban J connectivity index is 4.02. The van der Waals surface area contributed by atoms with Crippen LogP contribution < -0.4 is 0 Å². The van der Waals surface area contributed by atoms with Crippen LogP contribution >= 0.6 is 0 Å². The third kappa shape index (κ3) is 4.67. The van der Waals surface area contributed by atoms with Crippen molar-refractivity contribution in [2.45, 2.75) is 45.5 Å². The molecule has 0 aliphatic rings. The molecule has 1 unspecified atom stereocenters. The number of rotatable bonds is 3. The molecule has 0 saturated heterocycles. The Bertz CT molecular complexity index is 179. The van der Waals surface area contributed by atoms with E-state index in [1.54, 1.807) is 0 Å². The zero-order valence-electron chi connectivity index (χ0n) is 8.46. The first-order valence-electron chi connectivity index (χ1n) is 4.09. The van der Waals surface area contributed by atoms with Crippen molar-refractivity contribution in [1.82, 2.24) is 0 Å². The lowest BCUT2D eigenvalue weighted by atomic mass is 10.3. The second-order valence-electron chi connectivity index (χ2n) is 3.67. The molecule has 3 heteroatoms. The summed E-state index contributed by atoms with van der Waals surface area (Å²) in [4.78, 5) is 0. The molecule has 2 nitrogen and oxygen atoms in total. The van der Waals surface area contributed by atoms with Gasteiger partial charge in [0.1, 0.15) is 0 Å². The average molecular weight is 190 g/mol. The van der Waals surface area contributed by atoms with Gasteiger partial charge in [-0.25, -0.2) is 4.21 Å². The van der Waals surface area contributed by atoms with E-state index < -0.39 is 11.1 Å². The average Bonchev–Trinajstić information content (AvgIpc) is 1.85. The van der Waals surface area contributed by atoms with E-state index >= 15 is 0 Å². The quantitative estimate of drug-likeness (QED) is 0.639. The highest BCUT2D eigenvalue weighted by molar-refractivity contribution is 7.81. The van der Waals surface area contributed by atoms with Gasteiger partial charge < -0.3 is 0 Å². The summed E-state index contributed by atoms with van der Waals surface area (Å²) < 4.78 is 16.3. The highest BCUT2D eigenvalue weighted by atomic mass is 32.2. The van der Waals surface area contributed by atoms with Gasteiger partial charge in [-0.2, -0.15) is 0 Å². The molecule has 0 spiro atoms. The number of hydrogen-bond donors (Lipinski definition) is 0. The van der Waals surface area contributed by atoms with Crippen molar-refractivity contribution < 1.29 is 8.39 Å². The van der Waals surface area contributed by atoms with Gasteiger partial charge in [-0.3, -0.25) is 4.18 Å². The Kier molecular flexibility index (Phi) is 4.71. The third-order valence-electron chi connectivity index (χ3n) is 1.20. The monoisotopic (exact) mass is 190 g/mol. The lowest BCUT2D eigenvalue weighted by molar-refractivity contribution is 0.290. The molecular weight excluding hydrogens is 172 g/mol. The Hall–Kier alpha value is -0.150. The predicted octanol–water partition coefficient (Wildman–Crippen LogP) is 2.43. The van der Waals surface area contributed by atoms with Crippen LogP contribution in [-0.4, -0.2) is 15.1 Å². The molecule has 12 heavy (non-hydrogen) atoms. The van der Waals surface area contributed by atoms with E-state index in [1.165, 1.54) is 0 Å². The minimum atomic E-state index is -1.22. The van der Waals surface area contributed by atoms with Crippen molar-refractivity contribution in [2.75, 3.05) is 0 Å². The van der Waals surface area contributed by atoms with Gasteiger partial charge in [0, 0.05) is 0 Å². The topological polar surface area (TPSA) is 26.3 Å². The van der Waals surface area contributed by atoms with E-state index in [0.717, 1.165) is 0 Å². The second kappa shape index (κ2) is 4.77. The van der Waals surface area contributed by atoms with Gasteiger partial charge in [0.25, 0.3) is 0 Å². The molecule has 0 rings (SSSR count). The van der Waals surface area contributed by atoms with E-state index in [2.05, 4.69) is 0 Å². The van der Waals surface area contributed by atoms with Gasteiger partial charge in [-0.15, -0.1) is 0 Å². The normalized spacial score (nSPS) is 18.1. The molecule has 0 radical (unpaired) electrons. The maximum absolute atomic E-state index is 11.4. The van der Waals surface area contributed by atoms with Gasteiger partial charge in [0.2, 0.25) is 0 Å². The minimum Gasteiger partial charge on any atom is -0.283 e. The van der Waals surface area contributed by atoms with Crippen molar-refractivity contribution in [3.63, 3.8) is 0 Å². The lowest BCUT2D eigenvalue weighted by Gasteiger charge is -2.18. The van der Waals surface area contributed by atoms with E-state index in [0.29, 0.717) is 0 Å². The standard InChI is InChI=1S/C9H18O2S/c1-6-7-8(2)11-12(10)9(3,4)5/h6-8H,1-5H3/b7-6+/t8-,12?/m0/s1. The molecule has 72 valence electrons. The lowest BCUT2D eigenvalue weighted by Crippen LogP contribution is -2.26. The SMILES string of the molecule is C/C=C/[C@H](C)OS(=O)C(C)(C)C. The van der Waals surface area contributed by atoms with Crippen LogP contribution in [0.2, 0.25) is 0 Å². The first-order chi connectivity index (χ1) is 5.38. The Morgan fingerprint density at radius 1 is 1.42 bits per heavy atom. The molecule has 0 aromatic carbocycles. The summed E-state index contributed by atoms with van der Waals surface area (Å²) >= 11 is -1.22. The first-order valence-corrected chi connectivity index (χ1v) is 5.17. The molecule has 0 aromatic heterocycles. The molecule has 0 aromatic rings. The van der Waals surface area contributed by atoms with Gasteiger partial charge >= 0.3 is 0 Å². The van der Waals surface area contributed by atoms with Crippen LogP contribution in [0, 0.1) is 0 Å². The zero-order valence-corrected chi connectivity index (χ0v) is 9.27. The van der Waals surface area contributed by atoms with Crippen molar-refractivity contribution in [1.29, 1.82) is 0 Å². The molecule has 0 saturated carbocycles. The van der Waals surface area contributed by atoms with E-state index in [4.69, 9.17) is 4.18 Å². The summed E-state index contributed by atoms with van der Waals surface area (Å²) in [6.45, 7) is 9.48. The third-order valence-corrected chi connectivity index (χ3v) is 2.68. The van der Waals surface area contributed by atoms with Crippen LogP contribution in [0.15, 0.2) is 12.2 Å². The van der Waals surface area contributed by atoms with Crippen LogP contribution in [0.4, 0.5) is 0 Å². The molecule has 0 amide bonds. The fourth-order valence-corrected chi connectivity index (χ4v) is 1.21. The van der Waals surface area contributed by atoms with Crippen LogP contribution in [0.5, 0.6) is 0 Å². The van der Waals surface area contributed by atoms with Gasteiger partial charge in [0.05, 0.1) is 10.9 Å². The molecule has 0 bridgehead atoms. The molecule has 0 heterocycles. The molecular formula is C9H18O2S. The summed E-state index contributed by atoms with van der Waals surface area (Å²) in [6, 6.07) is 0. The van der Waals surface area contributed by atoms with Gasteiger partial charge in [-0.05, 0) is 34.6 Å². The fourth-order valence-electron chi connectivity index (χ4n) is 0.585. The molecule has 2 atom stereocenters. The van der Waals surface area contributed by atoms with Gasteiger partial charge in [0.15, 0.2) is 11.1 Å². The maximum atomic E-state index is 11.4. The zero-order chi connectivity index (χ0) is 9.78. The summed E-state index contributed by atoms with van der Waals surface area (Å²) in [5.74, 6) is 0. The highest BCUT2D eigenvalue weighted by Crippen LogP contribution is 2.14. The van der Waals surface area contributed by atoms with Crippen molar-refractivity contribution in [3.8, 4) is 0 Å². The summed E-state index contributed by atoms with van der Waals surface area (Å²) in [5.41, 5.74) is 0. The summed E-state index contributed by atoms with van der Waals surface area (Å²) in [7, 11) is 0. The van der Waals surface area contributed by atoms with E-state index in [9.17, 15) is 4.21 Å². The largest absolute Gasteiger partial charge is 0.283 e. The van der Waals surface area contributed by atoms with E-state index in [-0.39, 0.29) is 10.9 Å². The molecule has 0 fully saturated rings. The fraction of sp³-hybridized carbons (Fsp3) is 0.778. The summed E-state index contributed by atoms with van der Waals surface area (Å²) in [6.07, 6.45) is 3.70. The molecule has 0 aliphatic heterocycles. The Labute approximate surface area is 77.7 Å². The summed E-state index contributed by atoms with van der Waals surface area (Å²) in [5, 5.41) is 0. The van der Waals surface area contributed by atoms with Crippen molar-refractivity contribution in [3.05, 3.63) is 12.2 Å². The number of hydrogen-bond acceptors (Lipinski definition) is 2. The minimum absolute atomic E-state index is 0.0740. The van der Waals surface area contributed by atoms with Crippen LogP contribution in [0.25, 0.3) is 0 Å². The second-order valence-corrected chi connectivity index (χ2v) is 5.56. The van der Waals surface area contributed by atoms with Crippen LogP contribution in [0.3, 0.4) is 0 Å². The Morgan fingerprint density at radius 2 is 1.92 bits per heavy atom. The van der Waals surface area contributed by atoms with Crippen LogP contribution in [0.1, 0.15) is 34.6 Å². The van der Waals surface area contributed by atoms with Crippen molar-refractivity contribution >= 4 is 11.1 Å². The highest BCUT2D eigenvalue weighted by Gasteiger charge is 2.21. The predicted molar refractivity (Wildman–Crippen MR) is 53.3 cm³/mol. The maximum Gasteiger partial charge on any atom is 0.161 e. The van der Waals surface area contributed by atoms with Gasteiger partial charge in [-0.1, -0.05) is 12.2 Å². The van der Waals surface area contributed by atoms with Crippen molar-refractivity contribution in [2.24, 2.45) is 0 Å². The van der Waals surface area contributed by atoms with Crippen LogP contribution in [-0.2, 0) is 15.3 Å². The first kappa shape index (κ1) is 11.8. The Morgan fingerprint density at radius 3 is 2.25 bits per heavy atom. The number of allylic oxidation sites excluding steroid dienone is 1. The van der Waals surface area contributed by atoms with E-state index in [1.807, 2.05) is 46.8 Å².